The summed E-state index contributed by atoms with van der Waals surface area (Å²) in [6, 6.07) is 7.78. The highest BCUT2D eigenvalue weighted by Crippen LogP contribution is 2.40. The number of carbonyl (C=O) groups excluding carboxylic acids is 1. The number of hydrogen-bond donors (Lipinski definition) is 1. The number of nitrogens with zero attached hydrogens (tertiary/aromatic N) is 1. The molecule has 1 aromatic heterocycles. The van der Waals surface area contributed by atoms with Gasteiger partial charge in [-0.2, -0.15) is 0 Å². The highest BCUT2D eigenvalue weighted by Gasteiger charge is 2.38. The average Bonchev–Trinajstić information content (AvgIpc) is 3.05. The average molecular weight is 382 g/mol. The molecule has 1 fully saturated rings. The van der Waals surface area contributed by atoms with Crippen molar-refractivity contribution in [3.63, 3.8) is 0 Å². The molecular weight excluding hydrogens is 348 g/mol. The van der Waals surface area contributed by atoms with Crippen LogP contribution < -0.4 is 4.90 Å². The minimum absolute atomic E-state index is 0.0474. The highest BCUT2D eigenvalue weighted by molar-refractivity contribution is 5.87. The summed E-state index contributed by atoms with van der Waals surface area (Å²) in [5.74, 6) is 0.710. The summed E-state index contributed by atoms with van der Waals surface area (Å²) in [6.45, 7) is 4.91. The van der Waals surface area contributed by atoms with Crippen LogP contribution in [0, 0.1) is 0 Å². The molecule has 2 atom stereocenters. The van der Waals surface area contributed by atoms with Gasteiger partial charge in [0.15, 0.2) is 6.54 Å². The number of ether oxygens (including phenoxy) is 1. The first-order valence-electron chi connectivity index (χ1n) is 11.4. The van der Waals surface area contributed by atoms with E-state index in [1.54, 1.807) is 11.1 Å². The van der Waals surface area contributed by atoms with Crippen LogP contribution >= 0.6 is 0 Å². The van der Waals surface area contributed by atoms with Gasteiger partial charge in [0.05, 0.1) is 25.4 Å². The predicted octanol–water partition coefficient (Wildman–Crippen LogP) is 3.53. The summed E-state index contributed by atoms with van der Waals surface area (Å²) >= 11 is 0. The summed E-state index contributed by atoms with van der Waals surface area (Å²) in [5, 5.41) is 1.50. The van der Waals surface area contributed by atoms with Gasteiger partial charge in [-0.05, 0) is 61.8 Å². The summed E-state index contributed by atoms with van der Waals surface area (Å²) in [5.41, 5.74) is 6.08. The van der Waals surface area contributed by atoms with Crippen molar-refractivity contribution in [2.45, 2.75) is 76.8 Å². The quantitative estimate of drug-likeness (QED) is 0.823. The standard InChI is InChI=1S/C24H32N2O2/c1-2-28-23(27)16-25-13-14-26-21-12-11-18(17-7-4-3-5-8-17)15-20(21)19-9-6-10-22(25)24(19)26/h11-12,15,17,22H,2-10,13-14,16H2,1H3/p+1/t22-/m0/s1. The number of nitrogens with one attached hydrogen (secondary N) is 1. The first kappa shape index (κ1) is 18.2. The summed E-state index contributed by atoms with van der Waals surface area (Å²) < 4.78 is 7.83. The number of benzene rings is 1. The van der Waals surface area contributed by atoms with E-state index in [2.05, 4.69) is 22.8 Å². The van der Waals surface area contributed by atoms with E-state index in [1.165, 1.54) is 72.9 Å². The van der Waals surface area contributed by atoms with Gasteiger partial charge in [0.1, 0.15) is 6.04 Å². The zero-order valence-corrected chi connectivity index (χ0v) is 17.1. The molecule has 1 unspecified atom stereocenters. The lowest BCUT2D eigenvalue weighted by molar-refractivity contribution is -0.930. The number of rotatable bonds is 4. The van der Waals surface area contributed by atoms with E-state index in [0.29, 0.717) is 19.2 Å². The van der Waals surface area contributed by atoms with Crippen LogP contribution in [-0.4, -0.2) is 30.2 Å². The Morgan fingerprint density at radius 1 is 1.18 bits per heavy atom. The molecule has 0 amide bonds. The van der Waals surface area contributed by atoms with Crippen molar-refractivity contribution in [3.8, 4) is 0 Å². The lowest BCUT2D eigenvalue weighted by atomic mass is 9.83. The van der Waals surface area contributed by atoms with Crippen LogP contribution in [0.3, 0.4) is 0 Å². The summed E-state index contributed by atoms with van der Waals surface area (Å²) in [7, 11) is 0. The third kappa shape index (κ3) is 3.06. The number of esters is 1. The van der Waals surface area contributed by atoms with Crippen LogP contribution in [0.2, 0.25) is 0 Å². The van der Waals surface area contributed by atoms with E-state index in [-0.39, 0.29) is 5.97 Å². The monoisotopic (exact) mass is 381 g/mol. The van der Waals surface area contributed by atoms with Gasteiger partial charge >= 0.3 is 5.97 Å². The molecule has 5 rings (SSSR count). The van der Waals surface area contributed by atoms with Crippen molar-refractivity contribution >= 4 is 16.9 Å². The molecule has 0 radical (unpaired) electrons. The second-order valence-corrected chi connectivity index (χ2v) is 8.96. The normalized spacial score (nSPS) is 24.9. The first-order chi connectivity index (χ1) is 13.8. The summed E-state index contributed by atoms with van der Waals surface area (Å²) in [4.78, 5) is 13.5. The van der Waals surface area contributed by atoms with Gasteiger partial charge in [-0.1, -0.05) is 25.3 Å². The topological polar surface area (TPSA) is 35.7 Å². The Balaban J connectivity index is 1.51. The molecular formula is C24H33N2O2+. The van der Waals surface area contributed by atoms with Crippen LogP contribution in [0.25, 0.3) is 10.9 Å². The fraction of sp³-hybridized carbons (Fsp3) is 0.625. The lowest BCUT2D eigenvalue weighted by Crippen LogP contribution is -3.14. The molecule has 0 bridgehead atoms. The number of fused-ring (bicyclic) bond motifs is 3. The van der Waals surface area contributed by atoms with Crippen LogP contribution in [0.15, 0.2) is 18.2 Å². The maximum absolute atomic E-state index is 12.1. The van der Waals surface area contributed by atoms with Crippen LogP contribution in [0.4, 0.5) is 0 Å². The smallest absolute Gasteiger partial charge is 0.361 e. The van der Waals surface area contributed by atoms with Gasteiger partial charge in [-0.25, -0.2) is 4.79 Å². The minimum Gasteiger partial charge on any atom is -0.462 e. The lowest BCUT2D eigenvalue weighted by Gasteiger charge is -2.36. The molecule has 150 valence electrons. The third-order valence-corrected chi connectivity index (χ3v) is 7.39. The molecule has 2 aliphatic carbocycles. The molecule has 0 saturated heterocycles. The fourth-order valence-corrected chi connectivity index (χ4v) is 6.11. The van der Waals surface area contributed by atoms with Gasteiger partial charge < -0.3 is 14.2 Å². The molecule has 3 aliphatic rings. The second kappa shape index (κ2) is 7.55. The molecule has 1 N–H and O–H groups in total. The zero-order valence-electron chi connectivity index (χ0n) is 17.1. The van der Waals surface area contributed by atoms with E-state index in [0.717, 1.165) is 19.0 Å². The van der Waals surface area contributed by atoms with Gasteiger partial charge in [-0.3, -0.25) is 0 Å². The number of quaternary nitrogens is 1. The molecule has 2 heterocycles. The Labute approximate surface area is 167 Å². The largest absolute Gasteiger partial charge is 0.462 e. The summed E-state index contributed by atoms with van der Waals surface area (Å²) in [6.07, 6.45) is 10.5. The SMILES string of the molecule is CCOC(=O)C[NH+]1CCn2c3c(c4cc(C5CCCCC5)ccc42)CCC[C@@H]31. The molecule has 0 spiro atoms. The third-order valence-electron chi connectivity index (χ3n) is 7.39. The molecule has 28 heavy (non-hydrogen) atoms. The maximum Gasteiger partial charge on any atom is 0.361 e. The maximum atomic E-state index is 12.1. The van der Waals surface area contributed by atoms with Crippen molar-refractivity contribution in [2.24, 2.45) is 0 Å². The van der Waals surface area contributed by atoms with Gasteiger partial charge in [-0.15, -0.1) is 0 Å². The highest BCUT2D eigenvalue weighted by atomic mass is 16.5. The Kier molecular flexibility index (Phi) is 4.92. The molecule has 1 aromatic carbocycles. The molecule has 1 aliphatic heterocycles. The number of aryl methyl sites for hydroxylation is 1. The van der Waals surface area contributed by atoms with E-state index in [4.69, 9.17) is 4.74 Å². The molecule has 4 nitrogen and oxygen atoms in total. The second-order valence-electron chi connectivity index (χ2n) is 8.96. The van der Waals surface area contributed by atoms with Gasteiger partial charge in [0.25, 0.3) is 0 Å². The van der Waals surface area contributed by atoms with E-state index in [1.807, 2.05) is 6.92 Å². The molecule has 4 heteroatoms. The fourth-order valence-electron chi connectivity index (χ4n) is 6.11. The number of hydrogen-bond acceptors (Lipinski definition) is 2. The van der Waals surface area contributed by atoms with Crippen LogP contribution in [0.5, 0.6) is 0 Å². The van der Waals surface area contributed by atoms with E-state index >= 15 is 0 Å². The minimum atomic E-state index is -0.0474. The number of carbonyl (C=O) groups is 1. The van der Waals surface area contributed by atoms with Crippen molar-refractivity contribution in [1.82, 2.24) is 4.57 Å². The number of aromatic nitrogens is 1. The Bertz CT molecular complexity index is 878. The van der Waals surface area contributed by atoms with Gasteiger partial charge in [0, 0.05) is 17.3 Å². The molecule has 1 saturated carbocycles. The van der Waals surface area contributed by atoms with E-state index < -0.39 is 0 Å². The Morgan fingerprint density at radius 3 is 2.86 bits per heavy atom. The zero-order chi connectivity index (χ0) is 19.1. The van der Waals surface area contributed by atoms with Gasteiger partial charge in [0.2, 0.25) is 0 Å². The van der Waals surface area contributed by atoms with Crippen molar-refractivity contribution in [3.05, 3.63) is 35.0 Å². The van der Waals surface area contributed by atoms with Crippen molar-refractivity contribution in [2.75, 3.05) is 19.7 Å². The molecule has 2 aromatic rings. The van der Waals surface area contributed by atoms with Crippen molar-refractivity contribution < 1.29 is 14.4 Å². The predicted molar refractivity (Wildman–Crippen MR) is 111 cm³/mol. The van der Waals surface area contributed by atoms with E-state index in [9.17, 15) is 4.79 Å². The van der Waals surface area contributed by atoms with Crippen LogP contribution in [-0.2, 0) is 22.5 Å². The van der Waals surface area contributed by atoms with Crippen LogP contribution in [0.1, 0.15) is 80.7 Å². The Morgan fingerprint density at radius 2 is 2.04 bits per heavy atom. The van der Waals surface area contributed by atoms with Crippen molar-refractivity contribution in [1.29, 1.82) is 0 Å². The first-order valence-corrected chi connectivity index (χ1v) is 11.4. The Hall–Kier alpha value is -1.81.